The summed E-state index contributed by atoms with van der Waals surface area (Å²) in [6, 6.07) is 13.6. The van der Waals surface area contributed by atoms with Crippen LogP contribution in [0.2, 0.25) is 10.0 Å². The minimum Gasteiger partial charge on any atom is -0.486 e. The lowest BCUT2D eigenvalue weighted by Gasteiger charge is -2.09. The van der Waals surface area contributed by atoms with Crippen LogP contribution in [0.4, 0.5) is 0 Å². The fraction of sp³-hybridized carbons (Fsp3) is 0.263. The third-order valence-electron chi connectivity index (χ3n) is 3.85. The summed E-state index contributed by atoms with van der Waals surface area (Å²) < 4.78 is 7.90. The summed E-state index contributed by atoms with van der Waals surface area (Å²) in [7, 11) is 0. The van der Waals surface area contributed by atoms with Gasteiger partial charge in [0.25, 0.3) is 0 Å². The van der Waals surface area contributed by atoms with E-state index in [1.165, 1.54) is 5.56 Å². The molecule has 0 N–H and O–H groups in total. The molecule has 136 valence electrons. The first kappa shape index (κ1) is 19.1. The lowest BCUT2D eigenvalue weighted by atomic mass is 10.2. The molecule has 0 amide bonds. The standard InChI is InChI=1S/C19H19Cl2N3OS/c1-3-24-18(11-25-15-7-4-13(2)5-8-15)22-23-19(24)26-12-14-6-9-16(20)17(21)10-14/h4-10H,3,11-12H2,1-2H3. The van der Waals surface area contributed by atoms with Gasteiger partial charge in [-0.25, -0.2) is 0 Å². The minimum absolute atomic E-state index is 0.386. The summed E-state index contributed by atoms with van der Waals surface area (Å²) in [6.45, 7) is 5.29. The van der Waals surface area contributed by atoms with Crippen molar-refractivity contribution in [3.8, 4) is 5.75 Å². The highest BCUT2D eigenvalue weighted by Crippen LogP contribution is 2.27. The van der Waals surface area contributed by atoms with Gasteiger partial charge in [-0.2, -0.15) is 0 Å². The number of ether oxygens (including phenoxy) is 1. The largest absolute Gasteiger partial charge is 0.486 e. The van der Waals surface area contributed by atoms with Gasteiger partial charge in [-0.3, -0.25) is 0 Å². The van der Waals surface area contributed by atoms with Crippen molar-refractivity contribution < 1.29 is 4.74 Å². The topological polar surface area (TPSA) is 39.9 Å². The van der Waals surface area contributed by atoms with Crippen LogP contribution in [0.5, 0.6) is 5.75 Å². The molecule has 26 heavy (non-hydrogen) atoms. The molecule has 0 saturated heterocycles. The molecule has 0 aliphatic heterocycles. The molecule has 0 atom stereocenters. The van der Waals surface area contributed by atoms with Crippen molar-refractivity contribution in [2.45, 2.75) is 37.9 Å². The van der Waals surface area contributed by atoms with Gasteiger partial charge in [0.1, 0.15) is 12.4 Å². The van der Waals surface area contributed by atoms with Crippen molar-refractivity contribution in [1.29, 1.82) is 0 Å². The molecular weight excluding hydrogens is 389 g/mol. The fourth-order valence-corrected chi connectivity index (χ4v) is 3.69. The number of nitrogens with zero attached hydrogens (tertiary/aromatic N) is 3. The van der Waals surface area contributed by atoms with Crippen molar-refractivity contribution in [2.75, 3.05) is 0 Å². The van der Waals surface area contributed by atoms with Gasteiger partial charge in [-0.15, -0.1) is 10.2 Å². The van der Waals surface area contributed by atoms with E-state index < -0.39 is 0 Å². The maximum atomic E-state index is 6.08. The normalized spacial score (nSPS) is 10.9. The molecule has 0 saturated carbocycles. The first-order valence-electron chi connectivity index (χ1n) is 8.25. The zero-order chi connectivity index (χ0) is 18.5. The Labute approximate surface area is 167 Å². The zero-order valence-corrected chi connectivity index (χ0v) is 16.9. The highest BCUT2D eigenvalue weighted by atomic mass is 35.5. The van der Waals surface area contributed by atoms with Gasteiger partial charge in [-0.1, -0.05) is 58.7 Å². The Bertz CT molecular complexity index is 881. The smallest absolute Gasteiger partial charge is 0.191 e. The predicted octanol–water partition coefficient (Wildman–Crippen LogP) is 5.78. The van der Waals surface area contributed by atoms with Gasteiger partial charge in [0.15, 0.2) is 11.0 Å². The van der Waals surface area contributed by atoms with Crippen molar-refractivity contribution in [2.24, 2.45) is 0 Å². The van der Waals surface area contributed by atoms with Crippen LogP contribution < -0.4 is 4.74 Å². The number of hydrogen-bond donors (Lipinski definition) is 0. The van der Waals surface area contributed by atoms with Gasteiger partial charge in [0, 0.05) is 12.3 Å². The quantitative estimate of drug-likeness (QED) is 0.465. The Hall–Kier alpha value is -1.69. The van der Waals surface area contributed by atoms with Crippen LogP contribution in [0.3, 0.4) is 0 Å². The number of rotatable bonds is 7. The number of benzene rings is 2. The van der Waals surface area contributed by atoms with Crippen LogP contribution in [0.25, 0.3) is 0 Å². The summed E-state index contributed by atoms with van der Waals surface area (Å²) in [4.78, 5) is 0. The molecule has 1 aromatic heterocycles. The van der Waals surface area contributed by atoms with E-state index >= 15 is 0 Å². The summed E-state index contributed by atoms with van der Waals surface area (Å²) >= 11 is 13.7. The third-order valence-corrected chi connectivity index (χ3v) is 5.63. The molecule has 4 nitrogen and oxygen atoms in total. The van der Waals surface area contributed by atoms with Crippen molar-refractivity contribution >= 4 is 35.0 Å². The SMILES string of the molecule is CCn1c(COc2ccc(C)cc2)nnc1SCc1ccc(Cl)c(Cl)c1. The minimum atomic E-state index is 0.386. The number of thioether (sulfide) groups is 1. The molecular formula is C19H19Cl2N3OS. The van der Waals surface area contributed by atoms with E-state index in [0.29, 0.717) is 16.7 Å². The van der Waals surface area contributed by atoms with Gasteiger partial charge < -0.3 is 9.30 Å². The Kier molecular flexibility index (Phi) is 6.46. The molecule has 1 heterocycles. The lowest BCUT2D eigenvalue weighted by Crippen LogP contribution is -2.07. The average Bonchev–Trinajstić information content (AvgIpc) is 3.04. The molecule has 7 heteroatoms. The van der Waals surface area contributed by atoms with Gasteiger partial charge in [0.05, 0.1) is 10.0 Å². The molecule has 0 aliphatic rings. The highest BCUT2D eigenvalue weighted by molar-refractivity contribution is 7.98. The average molecular weight is 408 g/mol. The van der Waals surface area contributed by atoms with Crippen LogP contribution in [-0.2, 0) is 18.9 Å². The molecule has 3 rings (SSSR count). The molecule has 0 fully saturated rings. The lowest BCUT2D eigenvalue weighted by molar-refractivity contribution is 0.288. The molecule has 0 radical (unpaired) electrons. The van der Waals surface area contributed by atoms with Crippen molar-refractivity contribution in [3.05, 3.63) is 69.5 Å². The number of halogens is 2. The van der Waals surface area contributed by atoms with Crippen LogP contribution in [0.1, 0.15) is 23.9 Å². The van der Waals surface area contributed by atoms with Gasteiger partial charge in [-0.05, 0) is 43.7 Å². The Morgan fingerprint density at radius 3 is 2.50 bits per heavy atom. The molecule has 3 aromatic rings. The maximum Gasteiger partial charge on any atom is 0.191 e. The van der Waals surface area contributed by atoms with Crippen molar-refractivity contribution in [3.63, 3.8) is 0 Å². The molecule has 0 spiro atoms. The summed E-state index contributed by atoms with van der Waals surface area (Å²) in [6.07, 6.45) is 0. The van der Waals surface area contributed by atoms with E-state index in [4.69, 9.17) is 27.9 Å². The monoisotopic (exact) mass is 407 g/mol. The van der Waals surface area contributed by atoms with Crippen LogP contribution in [-0.4, -0.2) is 14.8 Å². The predicted molar refractivity (Wildman–Crippen MR) is 107 cm³/mol. The van der Waals surface area contributed by atoms with Crippen molar-refractivity contribution in [1.82, 2.24) is 14.8 Å². The number of hydrogen-bond acceptors (Lipinski definition) is 4. The highest BCUT2D eigenvalue weighted by Gasteiger charge is 2.12. The second kappa shape index (κ2) is 8.80. The second-order valence-corrected chi connectivity index (χ2v) is 7.54. The van der Waals surface area contributed by atoms with E-state index in [1.54, 1.807) is 11.8 Å². The number of aryl methyl sites for hydroxylation is 1. The van der Waals surface area contributed by atoms with Gasteiger partial charge in [0.2, 0.25) is 0 Å². The Balaban J connectivity index is 1.65. The molecule has 0 aliphatic carbocycles. The van der Waals surface area contributed by atoms with E-state index in [9.17, 15) is 0 Å². The Morgan fingerprint density at radius 2 is 1.81 bits per heavy atom. The molecule has 0 unspecified atom stereocenters. The number of aromatic nitrogens is 3. The summed E-state index contributed by atoms with van der Waals surface area (Å²) in [5, 5.41) is 10.6. The summed E-state index contributed by atoms with van der Waals surface area (Å²) in [5.41, 5.74) is 2.29. The summed E-state index contributed by atoms with van der Waals surface area (Å²) in [5.74, 6) is 2.38. The van der Waals surface area contributed by atoms with Crippen LogP contribution in [0.15, 0.2) is 47.6 Å². The maximum absolute atomic E-state index is 6.08. The fourth-order valence-electron chi connectivity index (χ4n) is 2.41. The Morgan fingerprint density at radius 1 is 1.04 bits per heavy atom. The molecule has 2 aromatic carbocycles. The second-order valence-electron chi connectivity index (χ2n) is 5.78. The molecule has 0 bridgehead atoms. The van der Waals surface area contributed by atoms with E-state index in [1.807, 2.05) is 42.5 Å². The van der Waals surface area contributed by atoms with E-state index in [0.717, 1.165) is 34.6 Å². The first-order chi connectivity index (χ1) is 12.6. The van der Waals surface area contributed by atoms with Crippen LogP contribution in [0, 0.1) is 6.92 Å². The van der Waals surface area contributed by atoms with Gasteiger partial charge >= 0.3 is 0 Å². The first-order valence-corrected chi connectivity index (χ1v) is 9.99. The van der Waals surface area contributed by atoms with E-state index in [-0.39, 0.29) is 0 Å². The third kappa shape index (κ3) is 4.72. The van der Waals surface area contributed by atoms with Crippen LogP contribution >= 0.6 is 35.0 Å². The van der Waals surface area contributed by atoms with E-state index in [2.05, 4.69) is 28.6 Å². The zero-order valence-electron chi connectivity index (χ0n) is 14.6.